The Morgan fingerprint density at radius 2 is 1.79 bits per heavy atom. The normalized spacial score (nSPS) is 11.5. The van der Waals surface area contributed by atoms with Gasteiger partial charge in [0.05, 0.1) is 4.47 Å². The Morgan fingerprint density at radius 3 is 2.48 bits per heavy atom. The lowest BCUT2D eigenvalue weighted by molar-refractivity contribution is -0.118. The Labute approximate surface area is 203 Å². The van der Waals surface area contributed by atoms with Gasteiger partial charge in [-0.25, -0.2) is 0 Å². The van der Waals surface area contributed by atoms with E-state index < -0.39 is 0 Å². The van der Waals surface area contributed by atoms with Crippen LogP contribution in [-0.2, 0) is 11.3 Å². The minimum atomic E-state index is -0.296. The van der Waals surface area contributed by atoms with Crippen LogP contribution in [-0.4, -0.2) is 30.4 Å². The van der Waals surface area contributed by atoms with E-state index in [1.54, 1.807) is 36.2 Å². The quantitative estimate of drug-likeness (QED) is 0.371. The summed E-state index contributed by atoms with van der Waals surface area (Å²) in [4.78, 5) is 26.9. The summed E-state index contributed by atoms with van der Waals surface area (Å²) in [6.45, 7) is 4.70. The van der Waals surface area contributed by atoms with Gasteiger partial charge in [0.2, 0.25) is 0 Å². The van der Waals surface area contributed by atoms with Crippen LogP contribution in [0.1, 0.15) is 47.7 Å². The summed E-state index contributed by atoms with van der Waals surface area (Å²) in [5.41, 5.74) is 3.34. The lowest BCUT2D eigenvalue weighted by Gasteiger charge is -2.18. The summed E-state index contributed by atoms with van der Waals surface area (Å²) in [6, 6.07) is 22.7. The van der Waals surface area contributed by atoms with E-state index in [1.165, 1.54) is 5.56 Å². The molecule has 1 unspecified atom stereocenters. The van der Waals surface area contributed by atoms with Gasteiger partial charge in [-0.15, -0.1) is 0 Å². The van der Waals surface area contributed by atoms with Gasteiger partial charge in [-0.05, 0) is 69.7 Å². The SMILES string of the molecule is CCC(C)c1ccc(OCC(=O)Nc2cccc(C(=O)N(C)Cc3ccccc3)c2)c(Br)c1. The van der Waals surface area contributed by atoms with Gasteiger partial charge in [-0.1, -0.05) is 56.3 Å². The Bertz CT molecular complexity index is 1100. The fourth-order valence-electron chi connectivity index (χ4n) is 3.40. The number of carbonyl (C=O) groups excluding carboxylic acids is 2. The molecule has 5 nitrogen and oxygen atoms in total. The Kier molecular flexibility index (Phi) is 8.66. The van der Waals surface area contributed by atoms with Gasteiger partial charge in [0, 0.05) is 24.8 Å². The molecule has 0 spiro atoms. The maximum Gasteiger partial charge on any atom is 0.262 e. The maximum atomic E-state index is 12.8. The number of ether oxygens (including phenoxy) is 1. The molecule has 3 rings (SSSR count). The number of halogens is 1. The molecule has 0 aliphatic rings. The molecule has 33 heavy (non-hydrogen) atoms. The Hall–Kier alpha value is -3.12. The predicted molar refractivity (Wildman–Crippen MR) is 136 cm³/mol. The smallest absolute Gasteiger partial charge is 0.262 e. The standard InChI is InChI=1S/C27H29BrN2O3/c1-4-19(2)21-13-14-25(24(28)16-21)33-18-26(31)29-23-12-8-11-22(15-23)27(32)30(3)17-20-9-6-5-7-10-20/h5-16,19H,4,17-18H2,1-3H3,(H,29,31). The highest BCUT2D eigenvalue weighted by atomic mass is 79.9. The van der Waals surface area contributed by atoms with Crippen LogP contribution in [0.15, 0.2) is 77.3 Å². The minimum Gasteiger partial charge on any atom is -0.483 e. The van der Waals surface area contributed by atoms with Crippen molar-refractivity contribution in [2.75, 3.05) is 19.0 Å². The highest BCUT2D eigenvalue weighted by molar-refractivity contribution is 9.10. The molecule has 0 aliphatic heterocycles. The fraction of sp³-hybridized carbons (Fsp3) is 0.259. The molecule has 0 radical (unpaired) electrons. The molecule has 1 atom stereocenters. The van der Waals surface area contributed by atoms with Crippen molar-refractivity contribution in [2.45, 2.75) is 32.7 Å². The van der Waals surface area contributed by atoms with Crippen molar-refractivity contribution in [3.63, 3.8) is 0 Å². The van der Waals surface area contributed by atoms with Crippen molar-refractivity contribution in [2.24, 2.45) is 0 Å². The molecule has 3 aromatic carbocycles. The van der Waals surface area contributed by atoms with Crippen LogP contribution < -0.4 is 10.1 Å². The van der Waals surface area contributed by atoms with E-state index in [-0.39, 0.29) is 18.4 Å². The van der Waals surface area contributed by atoms with Gasteiger partial charge in [-0.2, -0.15) is 0 Å². The first-order valence-corrected chi connectivity index (χ1v) is 11.8. The molecule has 0 saturated heterocycles. The van der Waals surface area contributed by atoms with Crippen molar-refractivity contribution in [3.8, 4) is 5.75 Å². The molecule has 0 fully saturated rings. The van der Waals surface area contributed by atoms with E-state index in [9.17, 15) is 9.59 Å². The third-order valence-electron chi connectivity index (χ3n) is 5.50. The van der Waals surface area contributed by atoms with E-state index in [1.807, 2.05) is 48.5 Å². The van der Waals surface area contributed by atoms with Gasteiger partial charge in [0.1, 0.15) is 5.75 Å². The second-order valence-corrected chi connectivity index (χ2v) is 8.92. The van der Waals surface area contributed by atoms with E-state index >= 15 is 0 Å². The average molecular weight is 509 g/mol. The van der Waals surface area contributed by atoms with Gasteiger partial charge < -0.3 is 15.0 Å². The number of nitrogens with zero attached hydrogens (tertiary/aromatic N) is 1. The zero-order chi connectivity index (χ0) is 23.8. The van der Waals surface area contributed by atoms with Crippen molar-refractivity contribution in [1.82, 2.24) is 4.90 Å². The summed E-state index contributed by atoms with van der Waals surface area (Å²) >= 11 is 3.53. The summed E-state index contributed by atoms with van der Waals surface area (Å²) in [5, 5.41) is 2.80. The number of carbonyl (C=O) groups is 2. The summed E-state index contributed by atoms with van der Waals surface area (Å²) in [7, 11) is 1.76. The van der Waals surface area contributed by atoms with Crippen LogP contribution in [0.2, 0.25) is 0 Å². The Morgan fingerprint density at radius 1 is 1.03 bits per heavy atom. The van der Waals surface area contributed by atoms with Crippen LogP contribution in [0.25, 0.3) is 0 Å². The Balaban J connectivity index is 1.57. The number of hydrogen-bond acceptors (Lipinski definition) is 3. The topological polar surface area (TPSA) is 58.6 Å². The number of hydrogen-bond donors (Lipinski definition) is 1. The largest absolute Gasteiger partial charge is 0.483 e. The molecule has 0 saturated carbocycles. The van der Waals surface area contributed by atoms with Crippen molar-refractivity contribution >= 4 is 33.4 Å². The zero-order valence-corrected chi connectivity index (χ0v) is 20.8. The number of benzene rings is 3. The molecule has 6 heteroatoms. The van der Waals surface area contributed by atoms with Gasteiger partial charge in [0.25, 0.3) is 11.8 Å². The van der Waals surface area contributed by atoms with Gasteiger partial charge >= 0.3 is 0 Å². The monoisotopic (exact) mass is 508 g/mol. The number of rotatable bonds is 9. The molecular formula is C27H29BrN2O3. The van der Waals surface area contributed by atoms with E-state index in [0.717, 1.165) is 16.5 Å². The van der Waals surface area contributed by atoms with Gasteiger partial charge in [-0.3, -0.25) is 9.59 Å². The van der Waals surface area contributed by atoms with Crippen LogP contribution >= 0.6 is 15.9 Å². The number of amides is 2. The van der Waals surface area contributed by atoms with E-state index in [0.29, 0.717) is 29.5 Å². The van der Waals surface area contributed by atoms with E-state index in [4.69, 9.17) is 4.74 Å². The molecule has 0 aromatic heterocycles. The first-order chi connectivity index (χ1) is 15.9. The molecule has 172 valence electrons. The third-order valence-corrected chi connectivity index (χ3v) is 6.12. The minimum absolute atomic E-state index is 0.114. The van der Waals surface area contributed by atoms with Crippen LogP contribution in [0.3, 0.4) is 0 Å². The number of anilines is 1. The molecule has 2 amide bonds. The molecule has 0 aliphatic carbocycles. The average Bonchev–Trinajstić information content (AvgIpc) is 2.83. The molecule has 0 bridgehead atoms. The first kappa shape index (κ1) is 24.5. The zero-order valence-electron chi connectivity index (χ0n) is 19.2. The highest BCUT2D eigenvalue weighted by Crippen LogP contribution is 2.30. The fourth-order valence-corrected chi connectivity index (χ4v) is 3.91. The molecular weight excluding hydrogens is 480 g/mol. The summed E-state index contributed by atoms with van der Waals surface area (Å²) in [5.74, 6) is 0.663. The van der Waals surface area contributed by atoms with Gasteiger partial charge in [0.15, 0.2) is 6.61 Å². The second kappa shape index (κ2) is 11.7. The molecule has 0 heterocycles. The van der Waals surface area contributed by atoms with Crippen molar-refractivity contribution in [1.29, 1.82) is 0 Å². The highest BCUT2D eigenvalue weighted by Gasteiger charge is 2.14. The number of nitrogens with one attached hydrogen (secondary N) is 1. The maximum absolute atomic E-state index is 12.8. The predicted octanol–water partition coefficient (Wildman–Crippen LogP) is 6.25. The second-order valence-electron chi connectivity index (χ2n) is 8.06. The summed E-state index contributed by atoms with van der Waals surface area (Å²) in [6.07, 6.45) is 1.05. The lowest BCUT2D eigenvalue weighted by atomic mass is 9.99. The van der Waals surface area contributed by atoms with Crippen LogP contribution in [0.5, 0.6) is 5.75 Å². The van der Waals surface area contributed by atoms with Crippen LogP contribution in [0, 0.1) is 0 Å². The molecule has 1 N–H and O–H groups in total. The van der Waals surface area contributed by atoms with E-state index in [2.05, 4.69) is 35.1 Å². The summed E-state index contributed by atoms with van der Waals surface area (Å²) < 4.78 is 6.51. The van der Waals surface area contributed by atoms with Crippen molar-refractivity contribution in [3.05, 3.63) is 94.0 Å². The van der Waals surface area contributed by atoms with Crippen molar-refractivity contribution < 1.29 is 14.3 Å². The third kappa shape index (κ3) is 6.93. The molecule has 3 aromatic rings. The first-order valence-electron chi connectivity index (χ1n) is 11.0. The van der Waals surface area contributed by atoms with Crippen LogP contribution in [0.4, 0.5) is 5.69 Å². The lowest BCUT2D eigenvalue weighted by Crippen LogP contribution is -2.26.